The highest BCUT2D eigenvalue weighted by Crippen LogP contribution is 2.43. The minimum Gasteiger partial charge on any atom is -0.466 e. The van der Waals surface area contributed by atoms with Crippen molar-refractivity contribution in [3.8, 4) is 0 Å². The van der Waals surface area contributed by atoms with Crippen molar-refractivity contribution in [2.24, 2.45) is 10.9 Å². The van der Waals surface area contributed by atoms with Crippen LogP contribution in [-0.4, -0.2) is 94.4 Å². The number of aliphatic imine (C=N–C) groups is 1. The molecular weight excluding hydrogens is 590 g/mol. The van der Waals surface area contributed by atoms with Crippen molar-refractivity contribution in [2.45, 2.75) is 43.7 Å². The topological polar surface area (TPSA) is 111 Å². The van der Waals surface area contributed by atoms with Crippen LogP contribution in [-0.2, 0) is 9.53 Å². The van der Waals surface area contributed by atoms with E-state index in [9.17, 15) is 23.8 Å². The van der Waals surface area contributed by atoms with Crippen molar-refractivity contribution in [1.82, 2.24) is 20.1 Å². The highest BCUT2D eigenvalue weighted by Gasteiger charge is 2.59. The highest BCUT2D eigenvalue weighted by atomic mass is 35.5. The first-order valence-electron chi connectivity index (χ1n) is 12.8. The Kier molecular flexibility index (Phi) is 8.43. The van der Waals surface area contributed by atoms with E-state index in [0.717, 1.165) is 13.2 Å². The molecule has 3 N–H and O–H groups in total. The van der Waals surface area contributed by atoms with Crippen molar-refractivity contribution >= 4 is 34.7 Å². The average molecular weight is 618 g/mol. The van der Waals surface area contributed by atoms with Gasteiger partial charge in [-0.15, -0.1) is 11.3 Å². The van der Waals surface area contributed by atoms with Gasteiger partial charge in [0, 0.05) is 54.4 Å². The molecule has 0 unspecified atom stereocenters. The van der Waals surface area contributed by atoms with Crippen LogP contribution in [0.15, 0.2) is 40.0 Å². The molecule has 222 valence electrons. The first-order chi connectivity index (χ1) is 19.4. The van der Waals surface area contributed by atoms with E-state index in [1.807, 2.05) is 0 Å². The van der Waals surface area contributed by atoms with Crippen molar-refractivity contribution in [3.05, 3.63) is 62.2 Å². The molecule has 15 heteroatoms. The van der Waals surface area contributed by atoms with Crippen LogP contribution in [0.1, 0.15) is 30.0 Å². The molecule has 1 aromatic heterocycles. The second-order valence-electron chi connectivity index (χ2n) is 10.3. The quantitative estimate of drug-likeness (QED) is 0.180. The number of fused-ring (bicyclic) bond motifs is 1. The molecule has 2 aromatic rings. The predicted molar refractivity (Wildman–Crippen MR) is 143 cm³/mol. The molecule has 4 atom stereocenters. The number of carbonyl (C=O) groups excluding carboxylic acids is 1. The summed E-state index contributed by atoms with van der Waals surface area (Å²) in [5.74, 6) is -6.89. The molecule has 2 saturated heterocycles. The number of likely N-dealkylation sites (tertiary alicyclic amines) is 2. The maximum Gasteiger partial charge on any atom is 0.338 e. The standard InChI is InChI=1S/C26H28ClF4N5O4S/c1-12(24(37)38)9-35-7-5-16-21(35)26(30,31)11-36(16)10-15-17(25(39)40-2)20(13-3-4-14(28)19(29)18(13)27)34-22(33-15)23-32-6-8-41-23/h3-4,6,8,12,16,20-21,24,37-38H,5,7,9-11H2,1-2H3,(H,33,34)/t12-,16+,20+,21-/m1/s1. The van der Waals surface area contributed by atoms with E-state index in [1.165, 1.54) is 23.6 Å². The third-order valence-corrected chi connectivity index (χ3v) is 8.87. The summed E-state index contributed by atoms with van der Waals surface area (Å²) in [7, 11) is 1.14. The van der Waals surface area contributed by atoms with E-state index >= 15 is 8.78 Å². The number of thiazole rings is 1. The number of aromatic nitrogens is 1. The van der Waals surface area contributed by atoms with E-state index in [-0.39, 0.29) is 35.8 Å². The Morgan fingerprint density at radius 1 is 1.32 bits per heavy atom. The number of aliphatic hydroxyl groups is 2. The first kappa shape index (κ1) is 29.9. The van der Waals surface area contributed by atoms with Gasteiger partial charge in [0.15, 0.2) is 28.8 Å². The molecule has 9 nitrogen and oxygen atoms in total. The van der Waals surface area contributed by atoms with Gasteiger partial charge in [0.25, 0.3) is 5.92 Å². The number of hydrogen-bond donors (Lipinski definition) is 3. The van der Waals surface area contributed by atoms with Gasteiger partial charge in [-0.25, -0.2) is 27.3 Å². The number of carbonyl (C=O) groups is 1. The number of esters is 1. The van der Waals surface area contributed by atoms with E-state index in [0.29, 0.717) is 18.0 Å². The van der Waals surface area contributed by atoms with E-state index in [2.05, 4.69) is 15.3 Å². The number of methoxy groups -OCH3 is 1. The zero-order valence-corrected chi connectivity index (χ0v) is 23.6. The molecule has 3 aliphatic rings. The molecule has 0 bridgehead atoms. The Morgan fingerprint density at radius 2 is 2.07 bits per heavy atom. The summed E-state index contributed by atoms with van der Waals surface area (Å²) < 4.78 is 64.3. The second-order valence-corrected chi connectivity index (χ2v) is 11.6. The molecule has 41 heavy (non-hydrogen) atoms. The van der Waals surface area contributed by atoms with E-state index < -0.39 is 65.4 Å². The van der Waals surface area contributed by atoms with Crippen LogP contribution >= 0.6 is 22.9 Å². The smallest absolute Gasteiger partial charge is 0.338 e. The van der Waals surface area contributed by atoms with Crippen LogP contribution in [0, 0.1) is 17.6 Å². The number of benzene rings is 1. The van der Waals surface area contributed by atoms with Gasteiger partial charge >= 0.3 is 5.97 Å². The van der Waals surface area contributed by atoms with Crippen LogP contribution in [0.2, 0.25) is 5.02 Å². The van der Waals surface area contributed by atoms with E-state index in [4.69, 9.17) is 16.3 Å². The number of hydrogen-bond acceptors (Lipinski definition) is 10. The van der Waals surface area contributed by atoms with Gasteiger partial charge in [0.2, 0.25) is 0 Å². The minimum atomic E-state index is -3.13. The SMILES string of the molecule is COC(=O)C1=C(CN2CC(F)(F)[C@H]3[C@@H]2CCN3C[C@@H](C)C(O)O)NC(c2nccs2)=N[C@H]1c1ccc(F)c(F)c1Cl. The summed E-state index contributed by atoms with van der Waals surface area (Å²) in [6, 6.07) is -0.932. The van der Waals surface area contributed by atoms with Crippen molar-refractivity contribution in [2.75, 3.05) is 33.3 Å². The molecule has 4 heterocycles. The third kappa shape index (κ3) is 5.60. The Bertz CT molecular complexity index is 1380. The number of halogens is 5. The fourth-order valence-corrected chi connectivity index (χ4v) is 6.64. The summed E-state index contributed by atoms with van der Waals surface area (Å²) in [6.07, 6.45) is 0.288. The molecule has 0 amide bonds. The van der Waals surface area contributed by atoms with Crippen LogP contribution in [0.4, 0.5) is 17.6 Å². The zero-order chi connectivity index (χ0) is 29.6. The molecule has 3 aliphatic heterocycles. The van der Waals surface area contributed by atoms with Gasteiger partial charge in [0.1, 0.15) is 6.04 Å². The molecule has 5 rings (SSSR count). The Labute approximate surface area is 242 Å². The van der Waals surface area contributed by atoms with E-state index in [1.54, 1.807) is 22.1 Å². The largest absolute Gasteiger partial charge is 0.466 e. The molecule has 2 fully saturated rings. The maximum absolute atomic E-state index is 15.4. The lowest BCUT2D eigenvalue weighted by Gasteiger charge is -2.31. The second kappa shape index (κ2) is 11.6. The van der Waals surface area contributed by atoms with Gasteiger partial charge < -0.3 is 20.3 Å². The van der Waals surface area contributed by atoms with Crippen LogP contribution in [0.5, 0.6) is 0 Å². The molecule has 0 spiro atoms. The average Bonchev–Trinajstić information content (AvgIpc) is 3.66. The Hall–Kier alpha value is -2.62. The number of nitrogens with one attached hydrogen (secondary N) is 1. The predicted octanol–water partition coefficient (Wildman–Crippen LogP) is 2.93. The van der Waals surface area contributed by atoms with Crippen LogP contribution < -0.4 is 5.32 Å². The van der Waals surface area contributed by atoms with Crippen LogP contribution in [0.25, 0.3) is 0 Å². The maximum atomic E-state index is 15.4. The fourth-order valence-electron chi connectivity index (χ4n) is 5.79. The number of aliphatic hydroxyl groups excluding tert-OH is 1. The zero-order valence-electron chi connectivity index (χ0n) is 22.0. The number of nitrogens with zero attached hydrogens (tertiary/aromatic N) is 4. The van der Waals surface area contributed by atoms with Crippen molar-refractivity contribution < 1.29 is 37.3 Å². The third-order valence-electron chi connectivity index (χ3n) is 7.70. The molecule has 0 aliphatic carbocycles. The fraction of sp³-hybridized carbons (Fsp3) is 0.500. The normalized spacial score (nSPS) is 25.3. The van der Waals surface area contributed by atoms with Crippen molar-refractivity contribution in [3.63, 3.8) is 0 Å². The number of ether oxygens (including phenoxy) is 1. The lowest BCUT2D eigenvalue weighted by molar-refractivity contribution is -0.136. The molecule has 1 aromatic carbocycles. The number of rotatable bonds is 8. The molecular formula is C26H28ClF4N5O4S. The summed E-state index contributed by atoms with van der Waals surface area (Å²) in [4.78, 5) is 25.1. The monoisotopic (exact) mass is 617 g/mol. The first-order valence-corrected chi connectivity index (χ1v) is 14.1. The highest BCUT2D eigenvalue weighted by molar-refractivity contribution is 7.11. The Morgan fingerprint density at radius 3 is 2.73 bits per heavy atom. The lowest BCUT2D eigenvalue weighted by Crippen LogP contribution is -2.47. The number of alkyl halides is 2. The van der Waals surface area contributed by atoms with Gasteiger partial charge in [-0.05, 0) is 12.5 Å². The summed E-state index contributed by atoms with van der Waals surface area (Å²) in [5, 5.41) is 23.6. The van der Waals surface area contributed by atoms with Gasteiger partial charge in [-0.2, -0.15) is 0 Å². The minimum absolute atomic E-state index is 0.00718. The Balaban J connectivity index is 1.54. The lowest BCUT2D eigenvalue weighted by atomic mass is 9.95. The van der Waals surface area contributed by atoms with Gasteiger partial charge in [-0.1, -0.05) is 24.6 Å². The number of amidine groups is 1. The summed E-state index contributed by atoms with van der Waals surface area (Å²) in [6.45, 7) is 1.22. The van der Waals surface area contributed by atoms with Crippen molar-refractivity contribution in [1.29, 1.82) is 0 Å². The summed E-state index contributed by atoms with van der Waals surface area (Å²) >= 11 is 7.41. The summed E-state index contributed by atoms with van der Waals surface area (Å²) in [5.41, 5.74) is 0.100. The van der Waals surface area contributed by atoms with Gasteiger partial charge in [-0.3, -0.25) is 14.8 Å². The molecule has 0 radical (unpaired) electrons. The van der Waals surface area contributed by atoms with Gasteiger partial charge in [0.05, 0.1) is 30.3 Å². The van der Waals surface area contributed by atoms with Crippen LogP contribution in [0.3, 0.4) is 0 Å². The molecule has 0 saturated carbocycles.